The van der Waals surface area contributed by atoms with Crippen LogP contribution in [0.1, 0.15) is 47.5 Å². The fourth-order valence-electron chi connectivity index (χ4n) is 3.59. The van der Waals surface area contributed by atoms with Crippen molar-refractivity contribution in [3.05, 3.63) is 44.9 Å². The number of thiazole rings is 1. The Morgan fingerprint density at radius 2 is 2.00 bits per heavy atom. The van der Waals surface area contributed by atoms with Gasteiger partial charge < -0.3 is 9.80 Å². The Kier molecular flexibility index (Phi) is 7.91. The van der Waals surface area contributed by atoms with Crippen molar-refractivity contribution in [3.8, 4) is 0 Å². The fraction of sp³-hybridized carbons (Fsp3) is 0.429. The van der Waals surface area contributed by atoms with E-state index < -0.39 is 5.91 Å². The summed E-state index contributed by atoms with van der Waals surface area (Å²) in [5, 5.41) is 5.23. The molecule has 2 aromatic rings. The standard InChI is InChI=1S/C21H24Cl2N4O3S/c1-3-26(4-2)19(29)13-6-5-9-27(11-13)20(30)17-12-31-21(24-17)25-18(28)15-8-7-14(22)10-16(15)23/h7-8,10,12-13H,3-6,9,11H2,1-2H3,(H,24,25,28)/t13-/m0/s1. The maximum absolute atomic E-state index is 12.9. The first-order valence-electron chi connectivity index (χ1n) is 10.1. The van der Waals surface area contributed by atoms with Gasteiger partial charge in [-0.05, 0) is 44.9 Å². The molecule has 0 aliphatic carbocycles. The normalized spacial score (nSPS) is 16.1. The summed E-state index contributed by atoms with van der Waals surface area (Å²) in [6.45, 7) is 6.19. The van der Waals surface area contributed by atoms with Gasteiger partial charge in [-0.2, -0.15) is 0 Å². The van der Waals surface area contributed by atoms with Gasteiger partial charge in [0.1, 0.15) is 5.69 Å². The molecule has 0 spiro atoms. The Balaban J connectivity index is 1.65. The minimum atomic E-state index is -0.433. The summed E-state index contributed by atoms with van der Waals surface area (Å²) in [5.41, 5.74) is 0.515. The number of carbonyl (C=O) groups is 3. The first kappa shape index (κ1) is 23.5. The zero-order valence-electron chi connectivity index (χ0n) is 17.4. The quantitative estimate of drug-likeness (QED) is 0.660. The van der Waals surface area contributed by atoms with Crippen molar-refractivity contribution in [1.82, 2.24) is 14.8 Å². The molecule has 1 aliphatic heterocycles. The maximum atomic E-state index is 12.9. The smallest absolute Gasteiger partial charge is 0.273 e. The van der Waals surface area contributed by atoms with Crippen LogP contribution in [0.2, 0.25) is 10.0 Å². The number of carbonyl (C=O) groups excluding carboxylic acids is 3. The second-order valence-corrected chi connectivity index (χ2v) is 8.92. The summed E-state index contributed by atoms with van der Waals surface area (Å²) < 4.78 is 0. The Morgan fingerprint density at radius 1 is 1.26 bits per heavy atom. The van der Waals surface area contributed by atoms with Crippen LogP contribution in [0.4, 0.5) is 5.13 Å². The van der Waals surface area contributed by atoms with E-state index in [0.717, 1.165) is 24.2 Å². The Bertz CT molecular complexity index is 977. The van der Waals surface area contributed by atoms with Gasteiger partial charge in [-0.15, -0.1) is 11.3 Å². The highest BCUT2D eigenvalue weighted by Crippen LogP contribution is 2.25. The molecular weight excluding hydrogens is 459 g/mol. The minimum absolute atomic E-state index is 0.0913. The molecule has 1 aliphatic rings. The number of rotatable bonds is 6. The lowest BCUT2D eigenvalue weighted by Gasteiger charge is -2.34. The van der Waals surface area contributed by atoms with E-state index in [4.69, 9.17) is 23.2 Å². The summed E-state index contributed by atoms with van der Waals surface area (Å²) in [6.07, 6.45) is 1.55. The molecule has 7 nitrogen and oxygen atoms in total. The molecule has 2 heterocycles. The Hall–Kier alpha value is -2.16. The van der Waals surface area contributed by atoms with E-state index >= 15 is 0 Å². The summed E-state index contributed by atoms with van der Waals surface area (Å²) in [4.78, 5) is 45.8. The Labute approximate surface area is 195 Å². The van der Waals surface area contributed by atoms with Crippen LogP contribution in [0.3, 0.4) is 0 Å². The molecular formula is C21H24Cl2N4O3S. The number of likely N-dealkylation sites (tertiary alicyclic amines) is 1. The lowest BCUT2D eigenvalue weighted by molar-refractivity contribution is -0.136. The third kappa shape index (κ3) is 5.56. The third-order valence-corrected chi connectivity index (χ3v) is 6.56. The summed E-state index contributed by atoms with van der Waals surface area (Å²) in [7, 11) is 0. The van der Waals surface area contributed by atoms with Crippen molar-refractivity contribution in [1.29, 1.82) is 0 Å². The summed E-state index contributed by atoms with van der Waals surface area (Å²) in [6, 6.07) is 4.59. The summed E-state index contributed by atoms with van der Waals surface area (Å²) >= 11 is 13.1. The van der Waals surface area contributed by atoms with E-state index in [1.54, 1.807) is 21.2 Å². The molecule has 1 N–H and O–H groups in total. The number of halogens is 2. The predicted molar refractivity (Wildman–Crippen MR) is 123 cm³/mol. The average Bonchev–Trinajstić information content (AvgIpc) is 3.22. The van der Waals surface area contributed by atoms with Crippen LogP contribution in [-0.2, 0) is 4.79 Å². The SMILES string of the molecule is CCN(CC)C(=O)[C@H]1CCCN(C(=O)c2csc(NC(=O)c3ccc(Cl)cc3Cl)n2)C1. The van der Waals surface area contributed by atoms with Crippen LogP contribution in [0.25, 0.3) is 0 Å². The number of nitrogens with one attached hydrogen (secondary N) is 1. The van der Waals surface area contributed by atoms with Crippen LogP contribution in [0.15, 0.2) is 23.6 Å². The first-order chi connectivity index (χ1) is 14.8. The van der Waals surface area contributed by atoms with Crippen molar-refractivity contribution in [3.63, 3.8) is 0 Å². The molecule has 0 saturated carbocycles. The molecule has 31 heavy (non-hydrogen) atoms. The number of aromatic nitrogens is 1. The van der Waals surface area contributed by atoms with Crippen molar-refractivity contribution in [2.75, 3.05) is 31.5 Å². The number of anilines is 1. The number of nitrogens with zero attached hydrogens (tertiary/aromatic N) is 3. The fourth-order valence-corrected chi connectivity index (χ4v) is 4.76. The highest BCUT2D eigenvalue weighted by atomic mass is 35.5. The minimum Gasteiger partial charge on any atom is -0.343 e. The van der Waals surface area contributed by atoms with Gasteiger partial charge in [0, 0.05) is 36.6 Å². The van der Waals surface area contributed by atoms with Crippen LogP contribution in [0, 0.1) is 5.92 Å². The topological polar surface area (TPSA) is 82.6 Å². The average molecular weight is 483 g/mol. The van der Waals surface area contributed by atoms with Crippen LogP contribution >= 0.6 is 34.5 Å². The van der Waals surface area contributed by atoms with Crippen molar-refractivity contribution in [2.24, 2.45) is 5.92 Å². The second kappa shape index (κ2) is 10.4. The molecule has 0 radical (unpaired) electrons. The van der Waals surface area contributed by atoms with E-state index in [0.29, 0.717) is 36.3 Å². The molecule has 3 amide bonds. The molecule has 1 aromatic carbocycles. The van der Waals surface area contributed by atoms with Gasteiger partial charge in [0.25, 0.3) is 11.8 Å². The zero-order valence-corrected chi connectivity index (χ0v) is 19.7. The number of piperidine rings is 1. The third-order valence-electron chi connectivity index (χ3n) is 5.25. The van der Waals surface area contributed by atoms with E-state index in [1.807, 2.05) is 13.8 Å². The maximum Gasteiger partial charge on any atom is 0.273 e. The van der Waals surface area contributed by atoms with E-state index in [1.165, 1.54) is 12.1 Å². The van der Waals surface area contributed by atoms with Crippen molar-refractivity contribution < 1.29 is 14.4 Å². The van der Waals surface area contributed by atoms with Crippen molar-refractivity contribution in [2.45, 2.75) is 26.7 Å². The zero-order chi connectivity index (χ0) is 22.5. The molecule has 1 fully saturated rings. The first-order valence-corrected chi connectivity index (χ1v) is 11.8. The lowest BCUT2D eigenvalue weighted by atomic mass is 9.96. The van der Waals surface area contributed by atoms with Gasteiger partial charge in [-0.3, -0.25) is 19.7 Å². The van der Waals surface area contributed by atoms with Crippen LogP contribution < -0.4 is 5.32 Å². The lowest BCUT2D eigenvalue weighted by Crippen LogP contribution is -2.46. The van der Waals surface area contributed by atoms with Gasteiger partial charge >= 0.3 is 0 Å². The molecule has 1 aromatic heterocycles. The molecule has 0 unspecified atom stereocenters. The molecule has 1 atom stereocenters. The molecule has 166 valence electrons. The molecule has 10 heteroatoms. The van der Waals surface area contributed by atoms with Crippen molar-refractivity contribution >= 4 is 57.4 Å². The largest absolute Gasteiger partial charge is 0.343 e. The highest BCUT2D eigenvalue weighted by Gasteiger charge is 2.31. The number of amides is 3. The van der Waals surface area contributed by atoms with E-state index in [-0.39, 0.29) is 34.0 Å². The van der Waals surface area contributed by atoms with Gasteiger partial charge in [-0.25, -0.2) is 4.98 Å². The monoisotopic (exact) mass is 482 g/mol. The van der Waals surface area contributed by atoms with E-state index in [2.05, 4.69) is 10.3 Å². The number of hydrogen-bond donors (Lipinski definition) is 1. The van der Waals surface area contributed by atoms with E-state index in [9.17, 15) is 14.4 Å². The highest BCUT2D eigenvalue weighted by molar-refractivity contribution is 7.14. The molecule has 0 bridgehead atoms. The Morgan fingerprint density at radius 3 is 2.68 bits per heavy atom. The summed E-state index contributed by atoms with van der Waals surface area (Å²) in [5.74, 6) is -0.771. The van der Waals surface area contributed by atoms with Gasteiger partial charge in [0.2, 0.25) is 5.91 Å². The van der Waals surface area contributed by atoms with Crippen LogP contribution in [-0.4, -0.2) is 58.7 Å². The second-order valence-electron chi connectivity index (χ2n) is 7.22. The van der Waals surface area contributed by atoms with Crippen LogP contribution in [0.5, 0.6) is 0 Å². The number of benzene rings is 1. The van der Waals surface area contributed by atoms with Gasteiger partial charge in [0.15, 0.2) is 5.13 Å². The number of hydrogen-bond acceptors (Lipinski definition) is 5. The predicted octanol–water partition coefficient (Wildman–Crippen LogP) is 4.42. The molecule has 3 rings (SSSR count). The van der Waals surface area contributed by atoms with Gasteiger partial charge in [-0.1, -0.05) is 23.2 Å². The van der Waals surface area contributed by atoms with Gasteiger partial charge in [0.05, 0.1) is 16.5 Å². The molecule has 1 saturated heterocycles.